The number of aromatic carboxylic acids is 1. The third kappa shape index (κ3) is 2.60. The minimum absolute atomic E-state index is 0.115. The molecule has 2 aliphatic rings. The van der Waals surface area contributed by atoms with Crippen molar-refractivity contribution in [1.29, 1.82) is 0 Å². The maximum Gasteiger partial charge on any atom is 0.335 e. The van der Waals surface area contributed by atoms with Gasteiger partial charge in [0.15, 0.2) is 0 Å². The number of nitrogens with one attached hydrogen (secondary N) is 1. The van der Waals surface area contributed by atoms with Crippen molar-refractivity contribution in [3.63, 3.8) is 0 Å². The SMILES string of the molecule is CCC1(CNC(=O)N2CCc3ccc(C(=O)O)cc32)CC1. The number of nitrogens with zero attached hydrogens (tertiary/aromatic N) is 1. The Morgan fingerprint density at radius 1 is 1.38 bits per heavy atom. The number of benzene rings is 1. The summed E-state index contributed by atoms with van der Waals surface area (Å²) in [5.74, 6) is -0.965. The van der Waals surface area contributed by atoms with Crippen LogP contribution >= 0.6 is 0 Å². The number of anilines is 1. The van der Waals surface area contributed by atoms with Crippen LogP contribution in [-0.2, 0) is 6.42 Å². The second-order valence-corrected chi connectivity index (χ2v) is 6.06. The normalized spacial score (nSPS) is 18.2. The van der Waals surface area contributed by atoms with Crippen LogP contribution in [0.25, 0.3) is 0 Å². The van der Waals surface area contributed by atoms with Crippen molar-refractivity contribution in [3.8, 4) is 0 Å². The highest BCUT2D eigenvalue weighted by atomic mass is 16.4. The molecule has 0 saturated heterocycles. The van der Waals surface area contributed by atoms with E-state index in [1.54, 1.807) is 23.1 Å². The highest BCUT2D eigenvalue weighted by molar-refractivity contribution is 5.97. The molecule has 5 heteroatoms. The smallest absolute Gasteiger partial charge is 0.335 e. The van der Waals surface area contributed by atoms with Gasteiger partial charge in [0.1, 0.15) is 0 Å². The van der Waals surface area contributed by atoms with Gasteiger partial charge in [-0.15, -0.1) is 0 Å². The fraction of sp³-hybridized carbons (Fsp3) is 0.500. The summed E-state index contributed by atoms with van der Waals surface area (Å²) in [5, 5.41) is 12.1. The number of hydrogen-bond acceptors (Lipinski definition) is 2. The lowest BCUT2D eigenvalue weighted by Crippen LogP contribution is -2.41. The lowest BCUT2D eigenvalue weighted by Gasteiger charge is -2.21. The summed E-state index contributed by atoms with van der Waals surface area (Å²) in [4.78, 5) is 25.1. The van der Waals surface area contributed by atoms with E-state index >= 15 is 0 Å². The predicted octanol–water partition coefficient (Wildman–Crippen LogP) is 2.65. The Morgan fingerprint density at radius 2 is 2.14 bits per heavy atom. The number of amides is 2. The monoisotopic (exact) mass is 288 g/mol. The first-order chi connectivity index (χ1) is 10.0. The molecule has 1 aromatic carbocycles. The summed E-state index contributed by atoms with van der Waals surface area (Å²) >= 11 is 0. The number of carbonyl (C=O) groups is 2. The van der Waals surface area contributed by atoms with Gasteiger partial charge in [-0.25, -0.2) is 9.59 Å². The summed E-state index contributed by atoms with van der Waals surface area (Å²) in [6.07, 6.45) is 4.24. The maximum absolute atomic E-state index is 12.3. The molecule has 0 bridgehead atoms. The fourth-order valence-corrected chi connectivity index (χ4v) is 2.91. The molecular formula is C16H20N2O3. The van der Waals surface area contributed by atoms with E-state index in [2.05, 4.69) is 12.2 Å². The molecule has 1 aliphatic heterocycles. The first kappa shape index (κ1) is 13.9. The molecule has 1 aromatic rings. The second-order valence-electron chi connectivity index (χ2n) is 6.06. The lowest BCUT2D eigenvalue weighted by molar-refractivity contribution is 0.0697. The molecule has 112 valence electrons. The first-order valence-corrected chi connectivity index (χ1v) is 7.46. The number of fused-ring (bicyclic) bond motifs is 1. The van der Waals surface area contributed by atoms with E-state index in [0.717, 1.165) is 24.1 Å². The Labute approximate surface area is 123 Å². The Morgan fingerprint density at radius 3 is 2.76 bits per heavy atom. The molecule has 21 heavy (non-hydrogen) atoms. The molecular weight excluding hydrogens is 268 g/mol. The molecule has 1 heterocycles. The number of carbonyl (C=O) groups excluding carboxylic acids is 1. The number of urea groups is 1. The van der Waals surface area contributed by atoms with Gasteiger partial charge in [-0.05, 0) is 48.8 Å². The zero-order valence-electron chi connectivity index (χ0n) is 12.2. The summed E-state index contributed by atoms with van der Waals surface area (Å²) in [7, 11) is 0. The molecule has 1 aliphatic carbocycles. The zero-order valence-corrected chi connectivity index (χ0v) is 12.2. The van der Waals surface area contributed by atoms with Crippen molar-refractivity contribution in [1.82, 2.24) is 5.32 Å². The van der Waals surface area contributed by atoms with Crippen LogP contribution in [0, 0.1) is 5.41 Å². The van der Waals surface area contributed by atoms with Crippen molar-refractivity contribution in [3.05, 3.63) is 29.3 Å². The van der Waals surface area contributed by atoms with E-state index in [-0.39, 0.29) is 11.6 Å². The quantitative estimate of drug-likeness (QED) is 0.895. The second kappa shape index (κ2) is 5.06. The maximum atomic E-state index is 12.3. The molecule has 0 spiro atoms. The molecule has 3 rings (SSSR count). The van der Waals surface area contributed by atoms with E-state index in [1.807, 2.05) is 0 Å². The van der Waals surface area contributed by atoms with Gasteiger partial charge in [-0.2, -0.15) is 0 Å². The van der Waals surface area contributed by atoms with Crippen molar-refractivity contribution >= 4 is 17.7 Å². The summed E-state index contributed by atoms with van der Waals surface area (Å²) in [5.41, 5.74) is 2.29. The summed E-state index contributed by atoms with van der Waals surface area (Å²) in [6, 6.07) is 4.88. The third-order valence-corrected chi connectivity index (χ3v) is 4.79. The molecule has 1 saturated carbocycles. The molecule has 0 unspecified atom stereocenters. The van der Waals surface area contributed by atoms with E-state index in [1.165, 1.54) is 12.8 Å². The minimum atomic E-state index is -0.965. The van der Waals surface area contributed by atoms with Crippen LogP contribution in [0.4, 0.5) is 10.5 Å². The topological polar surface area (TPSA) is 69.6 Å². The van der Waals surface area contributed by atoms with Gasteiger partial charge in [0.05, 0.1) is 5.56 Å². The van der Waals surface area contributed by atoms with E-state index in [0.29, 0.717) is 18.5 Å². The van der Waals surface area contributed by atoms with Gasteiger partial charge in [-0.1, -0.05) is 13.0 Å². The van der Waals surface area contributed by atoms with Crippen LogP contribution < -0.4 is 10.2 Å². The molecule has 1 fully saturated rings. The van der Waals surface area contributed by atoms with Crippen LogP contribution in [0.5, 0.6) is 0 Å². The number of hydrogen-bond donors (Lipinski definition) is 2. The fourth-order valence-electron chi connectivity index (χ4n) is 2.91. The van der Waals surface area contributed by atoms with Crippen LogP contribution in [0.3, 0.4) is 0 Å². The van der Waals surface area contributed by atoms with Crippen LogP contribution in [0.1, 0.15) is 42.1 Å². The Kier molecular flexibility index (Phi) is 3.35. The third-order valence-electron chi connectivity index (χ3n) is 4.79. The van der Waals surface area contributed by atoms with Gasteiger partial charge in [0.2, 0.25) is 0 Å². The number of rotatable bonds is 4. The van der Waals surface area contributed by atoms with Crippen LogP contribution in [0.2, 0.25) is 0 Å². The first-order valence-electron chi connectivity index (χ1n) is 7.46. The van der Waals surface area contributed by atoms with Gasteiger partial charge < -0.3 is 10.4 Å². The van der Waals surface area contributed by atoms with E-state index < -0.39 is 5.97 Å². The molecule has 5 nitrogen and oxygen atoms in total. The highest BCUT2D eigenvalue weighted by Gasteiger charge is 2.41. The van der Waals surface area contributed by atoms with Gasteiger partial charge in [0.25, 0.3) is 0 Å². The highest BCUT2D eigenvalue weighted by Crippen LogP contribution is 2.47. The summed E-state index contributed by atoms with van der Waals surface area (Å²) < 4.78 is 0. The average molecular weight is 288 g/mol. The zero-order chi connectivity index (χ0) is 15.0. The number of carboxylic acids is 1. The van der Waals surface area contributed by atoms with Gasteiger partial charge >= 0.3 is 12.0 Å². The standard InChI is InChI=1S/C16H20N2O3/c1-2-16(6-7-16)10-17-15(21)18-8-5-11-3-4-12(14(19)20)9-13(11)18/h3-4,9H,2,5-8,10H2,1H3,(H,17,21)(H,19,20). The Bertz CT molecular complexity index is 593. The molecule has 2 amide bonds. The largest absolute Gasteiger partial charge is 0.478 e. The van der Waals surface area contributed by atoms with Crippen LogP contribution in [-0.4, -0.2) is 30.2 Å². The van der Waals surface area contributed by atoms with Gasteiger partial charge in [-0.3, -0.25) is 4.90 Å². The molecule has 0 radical (unpaired) electrons. The van der Waals surface area contributed by atoms with E-state index in [4.69, 9.17) is 5.11 Å². The number of carboxylic acid groups (broad SMARTS) is 1. The van der Waals surface area contributed by atoms with Crippen molar-refractivity contribution in [2.75, 3.05) is 18.0 Å². The van der Waals surface area contributed by atoms with Crippen molar-refractivity contribution in [2.24, 2.45) is 5.41 Å². The Hall–Kier alpha value is -2.04. The molecule has 0 aromatic heterocycles. The van der Waals surface area contributed by atoms with Gasteiger partial charge in [0, 0.05) is 18.8 Å². The summed E-state index contributed by atoms with van der Waals surface area (Å²) in [6.45, 7) is 3.49. The molecule has 0 atom stereocenters. The average Bonchev–Trinajstić information content (AvgIpc) is 3.15. The van der Waals surface area contributed by atoms with E-state index in [9.17, 15) is 9.59 Å². The predicted molar refractivity (Wildman–Crippen MR) is 79.8 cm³/mol. The van der Waals surface area contributed by atoms with Crippen molar-refractivity contribution < 1.29 is 14.7 Å². The Balaban J connectivity index is 1.72. The minimum Gasteiger partial charge on any atom is -0.478 e. The lowest BCUT2D eigenvalue weighted by atomic mass is 10.0. The van der Waals surface area contributed by atoms with Crippen molar-refractivity contribution in [2.45, 2.75) is 32.6 Å². The van der Waals surface area contributed by atoms with Crippen LogP contribution in [0.15, 0.2) is 18.2 Å². The molecule has 2 N–H and O–H groups in total.